The molecule has 0 aromatic carbocycles. The van der Waals surface area contributed by atoms with Crippen LogP contribution in [0.2, 0.25) is 0 Å². The van der Waals surface area contributed by atoms with E-state index in [1.165, 1.54) is 6.26 Å². The zero-order chi connectivity index (χ0) is 10.5. The van der Waals surface area contributed by atoms with E-state index in [1.807, 2.05) is 6.07 Å². The predicted molar refractivity (Wildman–Crippen MR) is 54.6 cm³/mol. The molecule has 0 saturated heterocycles. The van der Waals surface area contributed by atoms with E-state index in [-0.39, 0.29) is 0 Å². The quantitative estimate of drug-likeness (QED) is 0.823. The lowest BCUT2D eigenvalue weighted by atomic mass is 10.4. The Morgan fingerprint density at radius 2 is 2.40 bits per heavy atom. The summed E-state index contributed by atoms with van der Waals surface area (Å²) in [5, 5.41) is 6.89. The van der Waals surface area contributed by atoms with Crippen molar-refractivity contribution in [2.75, 3.05) is 12.4 Å². The number of pyridine rings is 1. The average Bonchev–Trinajstić information content (AvgIpc) is 2.79. The maximum absolute atomic E-state index is 5.08. The molecular formula is C10H11N3O2. The fourth-order valence-corrected chi connectivity index (χ4v) is 1.14. The van der Waals surface area contributed by atoms with Gasteiger partial charge >= 0.3 is 0 Å². The lowest BCUT2D eigenvalue weighted by Crippen LogP contribution is -2.01. The lowest BCUT2D eigenvalue weighted by Gasteiger charge is -2.04. The highest BCUT2D eigenvalue weighted by Crippen LogP contribution is 2.14. The summed E-state index contributed by atoms with van der Waals surface area (Å²) >= 11 is 0. The van der Waals surface area contributed by atoms with Gasteiger partial charge in [0.05, 0.1) is 13.7 Å². The molecule has 0 unspecified atom stereocenters. The van der Waals surface area contributed by atoms with E-state index in [0.717, 1.165) is 17.3 Å². The average molecular weight is 205 g/mol. The van der Waals surface area contributed by atoms with Gasteiger partial charge in [-0.2, -0.15) is 0 Å². The Labute approximate surface area is 87.1 Å². The highest BCUT2D eigenvalue weighted by Gasteiger charge is 1.98. The van der Waals surface area contributed by atoms with Crippen LogP contribution in [0.25, 0.3) is 0 Å². The van der Waals surface area contributed by atoms with E-state index in [2.05, 4.69) is 15.5 Å². The van der Waals surface area contributed by atoms with Crippen LogP contribution >= 0.6 is 0 Å². The summed E-state index contributed by atoms with van der Waals surface area (Å²) in [5.74, 6) is 1.52. The minimum Gasteiger partial charge on any atom is -0.497 e. The second kappa shape index (κ2) is 4.45. The summed E-state index contributed by atoms with van der Waals surface area (Å²) in [4.78, 5) is 4.14. The van der Waals surface area contributed by atoms with Crippen molar-refractivity contribution in [3.05, 3.63) is 36.4 Å². The van der Waals surface area contributed by atoms with Crippen molar-refractivity contribution >= 4 is 5.82 Å². The molecule has 0 spiro atoms. The van der Waals surface area contributed by atoms with Gasteiger partial charge in [0.1, 0.15) is 23.5 Å². The molecule has 2 rings (SSSR count). The highest BCUT2D eigenvalue weighted by molar-refractivity contribution is 5.40. The smallest absolute Gasteiger partial charge is 0.129 e. The van der Waals surface area contributed by atoms with Crippen LogP contribution in [0.15, 0.2) is 35.2 Å². The van der Waals surface area contributed by atoms with Crippen molar-refractivity contribution in [2.24, 2.45) is 0 Å². The maximum Gasteiger partial charge on any atom is 0.129 e. The fourth-order valence-electron chi connectivity index (χ4n) is 1.14. The van der Waals surface area contributed by atoms with E-state index in [0.29, 0.717) is 6.54 Å². The van der Waals surface area contributed by atoms with Crippen LogP contribution in [0.4, 0.5) is 5.82 Å². The Morgan fingerprint density at radius 3 is 3.13 bits per heavy atom. The van der Waals surface area contributed by atoms with Crippen molar-refractivity contribution in [2.45, 2.75) is 6.54 Å². The first-order valence-corrected chi connectivity index (χ1v) is 4.51. The van der Waals surface area contributed by atoms with Gasteiger partial charge in [-0.25, -0.2) is 4.98 Å². The molecule has 0 aliphatic rings. The number of ether oxygens (including phenoxy) is 1. The minimum atomic E-state index is 0.580. The van der Waals surface area contributed by atoms with Crippen LogP contribution in [0.1, 0.15) is 5.69 Å². The Kier molecular flexibility index (Phi) is 2.82. The number of rotatable bonds is 4. The fraction of sp³-hybridized carbons (Fsp3) is 0.200. The SMILES string of the molecule is COc1ccnc(NCc2ccon2)c1. The number of anilines is 1. The molecular weight excluding hydrogens is 194 g/mol. The molecule has 1 N–H and O–H groups in total. The van der Waals surface area contributed by atoms with Gasteiger partial charge in [-0.1, -0.05) is 5.16 Å². The second-order valence-corrected chi connectivity index (χ2v) is 2.93. The summed E-state index contributed by atoms with van der Waals surface area (Å²) in [6, 6.07) is 5.41. The third kappa shape index (κ3) is 2.46. The largest absolute Gasteiger partial charge is 0.497 e. The number of aromatic nitrogens is 2. The van der Waals surface area contributed by atoms with E-state index >= 15 is 0 Å². The van der Waals surface area contributed by atoms with Crippen LogP contribution < -0.4 is 10.1 Å². The summed E-state index contributed by atoms with van der Waals surface area (Å²) in [6.45, 7) is 0.580. The van der Waals surface area contributed by atoms with Crippen LogP contribution in [0, 0.1) is 0 Å². The van der Waals surface area contributed by atoms with Gasteiger partial charge in [0.25, 0.3) is 0 Å². The van der Waals surface area contributed by atoms with E-state index in [4.69, 9.17) is 9.26 Å². The summed E-state index contributed by atoms with van der Waals surface area (Å²) < 4.78 is 9.79. The molecule has 0 radical (unpaired) electrons. The molecule has 0 atom stereocenters. The van der Waals surface area contributed by atoms with Crippen molar-refractivity contribution in [3.63, 3.8) is 0 Å². The van der Waals surface area contributed by atoms with Crippen molar-refractivity contribution in [1.82, 2.24) is 10.1 Å². The first kappa shape index (κ1) is 9.51. The topological polar surface area (TPSA) is 60.2 Å². The Bertz CT molecular complexity index is 414. The molecule has 78 valence electrons. The number of hydrogen-bond donors (Lipinski definition) is 1. The zero-order valence-corrected chi connectivity index (χ0v) is 8.30. The van der Waals surface area contributed by atoms with E-state index in [9.17, 15) is 0 Å². The molecule has 0 amide bonds. The maximum atomic E-state index is 5.08. The number of nitrogens with one attached hydrogen (secondary N) is 1. The predicted octanol–water partition coefficient (Wildman–Crippen LogP) is 1.69. The Balaban J connectivity index is 1.98. The van der Waals surface area contributed by atoms with E-state index < -0.39 is 0 Å². The Hall–Kier alpha value is -2.04. The van der Waals surface area contributed by atoms with Gasteiger partial charge in [0.2, 0.25) is 0 Å². The molecule has 2 heterocycles. The van der Waals surface area contributed by atoms with Crippen LogP contribution in [0.3, 0.4) is 0 Å². The first-order chi connectivity index (χ1) is 7.38. The number of hydrogen-bond acceptors (Lipinski definition) is 5. The molecule has 0 saturated carbocycles. The Morgan fingerprint density at radius 1 is 1.47 bits per heavy atom. The second-order valence-electron chi connectivity index (χ2n) is 2.93. The molecule has 0 bridgehead atoms. The normalized spacial score (nSPS) is 9.93. The monoisotopic (exact) mass is 205 g/mol. The molecule has 2 aromatic heterocycles. The van der Waals surface area contributed by atoms with Gasteiger partial charge in [-0.3, -0.25) is 0 Å². The van der Waals surface area contributed by atoms with Crippen LogP contribution in [0.5, 0.6) is 5.75 Å². The molecule has 5 heteroatoms. The molecule has 0 aliphatic carbocycles. The third-order valence-electron chi connectivity index (χ3n) is 1.91. The lowest BCUT2D eigenvalue weighted by molar-refractivity contribution is 0.412. The molecule has 15 heavy (non-hydrogen) atoms. The van der Waals surface area contributed by atoms with Gasteiger partial charge in [0, 0.05) is 18.3 Å². The molecule has 5 nitrogen and oxygen atoms in total. The van der Waals surface area contributed by atoms with Crippen molar-refractivity contribution in [1.29, 1.82) is 0 Å². The molecule has 0 aliphatic heterocycles. The van der Waals surface area contributed by atoms with E-state index in [1.54, 1.807) is 25.4 Å². The van der Waals surface area contributed by atoms with Gasteiger partial charge in [-0.05, 0) is 6.07 Å². The third-order valence-corrected chi connectivity index (χ3v) is 1.91. The first-order valence-electron chi connectivity index (χ1n) is 4.51. The van der Waals surface area contributed by atoms with Crippen LogP contribution in [-0.2, 0) is 6.54 Å². The minimum absolute atomic E-state index is 0.580. The highest BCUT2D eigenvalue weighted by atomic mass is 16.5. The van der Waals surface area contributed by atoms with Crippen molar-refractivity contribution in [3.8, 4) is 5.75 Å². The standard InChI is InChI=1S/C10H11N3O2/c1-14-9-2-4-11-10(6-9)12-7-8-3-5-15-13-8/h2-6H,7H2,1H3,(H,11,12). The van der Waals surface area contributed by atoms with Crippen molar-refractivity contribution < 1.29 is 9.26 Å². The summed E-state index contributed by atoms with van der Waals surface area (Å²) in [6.07, 6.45) is 3.22. The van der Waals surface area contributed by atoms with Gasteiger partial charge in [0.15, 0.2) is 0 Å². The van der Waals surface area contributed by atoms with Crippen LogP contribution in [-0.4, -0.2) is 17.3 Å². The summed E-state index contributed by atoms with van der Waals surface area (Å²) in [7, 11) is 1.62. The number of nitrogens with zero attached hydrogens (tertiary/aromatic N) is 2. The van der Waals surface area contributed by atoms with Gasteiger partial charge < -0.3 is 14.6 Å². The van der Waals surface area contributed by atoms with Gasteiger partial charge in [-0.15, -0.1) is 0 Å². The molecule has 2 aromatic rings. The zero-order valence-electron chi connectivity index (χ0n) is 8.30. The summed E-state index contributed by atoms with van der Waals surface area (Å²) in [5.41, 5.74) is 0.833. The number of methoxy groups -OCH3 is 1. The molecule has 0 fully saturated rings.